The van der Waals surface area contributed by atoms with Crippen LogP contribution in [0.4, 0.5) is 0 Å². The molecule has 2 aliphatic rings. The summed E-state index contributed by atoms with van der Waals surface area (Å²) < 4.78 is 25.3. The summed E-state index contributed by atoms with van der Waals surface area (Å²) in [4.78, 5) is 14.7. The normalized spacial score (nSPS) is 24.0. The first-order valence-corrected chi connectivity index (χ1v) is 10.9. The summed E-state index contributed by atoms with van der Waals surface area (Å²) in [5.41, 5.74) is 2.45. The molecule has 3 rings (SSSR count). The highest BCUT2D eigenvalue weighted by atomic mass is 32.2. The maximum absolute atomic E-state index is 12.8. The molecule has 2 heterocycles. The van der Waals surface area contributed by atoms with Gasteiger partial charge >= 0.3 is 0 Å². The minimum absolute atomic E-state index is 0.0110. The molecule has 2 aliphatic heterocycles. The maximum atomic E-state index is 12.8. The largest absolute Gasteiger partial charge is 0.335 e. The van der Waals surface area contributed by atoms with E-state index >= 15 is 0 Å². The smallest absolute Gasteiger partial charge is 0.238 e. The molecule has 6 heteroatoms. The Bertz CT molecular complexity index is 713. The van der Waals surface area contributed by atoms with Crippen LogP contribution in [0.5, 0.6) is 0 Å². The molecular weight excluding hydrogens is 336 g/mol. The first kappa shape index (κ1) is 18.4. The first-order chi connectivity index (χ1) is 11.9. The third-order valence-electron chi connectivity index (χ3n) is 5.33. The van der Waals surface area contributed by atoms with Crippen LogP contribution in [0.3, 0.4) is 0 Å². The molecule has 0 saturated carbocycles. The van der Waals surface area contributed by atoms with Crippen molar-refractivity contribution in [3.63, 3.8) is 0 Å². The van der Waals surface area contributed by atoms with E-state index in [1.54, 1.807) is 0 Å². The molecule has 1 atom stereocenters. The fraction of sp³-hybridized carbons (Fsp3) is 0.632. The van der Waals surface area contributed by atoms with Crippen LogP contribution >= 0.6 is 0 Å². The van der Waals surface area contributed by atoms with Gasteiger partial charge in [0.2, 0.25) is 15.9 Å². The van der Waals surface area contributed by atoms with Gasteiger partial charge in [0, 0.05) is 13.1 Å². The molecule has 1 unspecified atom stereocenters. The Hall–Kier alpha value is -1.40. The van der Waals surface area contributed by atoms with Crippen molar-refractivity contribution in [1.29, 1.82) is 0 Å². The molecule has 0 aromatic heterocycles. The molecule has 25 heavy (non-hydrogen) atoms. The fourth-order valence-electron chi connectivity index (χ4n) is 3.79. The minimum atomic E-state index is -3.23. The zero-order valence-corrected chi connectivity index (χ0v) is 16.0. The van der Waals surface area contributed by atoms with Gasteiger partial charge in [-0.2, -0.15) is 4.31 Å². The van der Waals surface area contributed by atoms with Crippen molar-refractivity contribution < 1.29 is 13.2 Å². The first-order valence-electron chi connectivity index (χ1n) is 9.25. The van der Waals surface area contributed by atoms with Crippen LogP contribution in [0.25, 0.3) is 0 Å². The van der Waals surface area contributed by atoms with Crippen molar-refractivity contribution in [3.8, 4) is 0 Å². The highest BCUT2D eigenvalue weighted by Gasteiger charge is 2.34. The van der Waals surface area contributed by atoms with Crippen LogP contribution in [0, 0.1) is 0 Å². The van der Waals surface area contributed by atoms with Gasteiger partial charge in [-0.05, 0) is 42.7 Å². The third-order valence-corrected chi connectivity index (χ3v) is 7.23. The summed E-state index contributed by atoms with van der Waals surface area (Å²) >= 11 is 0. The number of piperidine rings is 1. The van der Waals surface area contributed by atoms with Gasteiger partial charge in [-0.25, -0.2) is 8.42 Å². The summed E-state index contributed by atoms with van der Waals surface area (Å²) in [7, 11) is -3.23. The second-order valence-electron chi connectivity index (χ2n) is 7.42. The molecule has 2 saturated heterocycles. The number of sulfonamides is 1. The summed E-state index contributed by atoms with van der Waals surface area (Å²) in [6.07, 6.45) is 3.65. The second kappa shape index (κ2) is 7.46. The average molecular weight is 365 g/mol. The lowest BCUT2D eigenvalue weighted by atomic mass is 9.93. The van der Waals surface area contributed by atoms with Gasteiger partial charge in [-0.1, -0.05) is 38.1 Å². The highest BCUT2D eigenvalue weighted by molar-refractivity contribution is 7.89. The maximum Gasteiger partial charge on any atom is 0.238 e. The number of hydrogen-bond acceptors (Lipinski definition) is 3. The summed E-state index contributed by atoms with van der Waals surface area (Å²) in [6, 6.07) is 8.59. The van der Waals surface area contributed by atoms with Crippen LogP contribution in [0.2, 0.25) is 0 Å². The van der Waals surface area contributed by atoms with E-state index in [1.165, 1.54) is 9.87 Å². The van der Waals surface area contributed by atoms with E-state index in [4.69, 9.17) is 0 Å². The fourth-order valence-corrected chi connectivity index (χ4v) is 5.26. The molecule has 0 bridgehead atoms. The van der Waals surface area contributed by atoms with Crippen LogP contribution in [-0.4, -0.2) is 48.9 Å². The number of rotatable bonds is 4. The van der Waals surface area contributed by atoms with Gasteiger partial charge in [0.05, 0.1) is 18.3 Å². The Balaban J connectivity index is 1.75. The summed E-state index contributed by atoms with van der Waals surface area (Å²) in [6.45, 7) is 5.51. The van der Waals surface area contributed by atoms with E-state index in [0.29, 0.717) is 25.4 Å². The third kappa shape index (κ3) is 4.06. The Kier molecular flexibility index (Phi) is 5.49. The minimum Gasteiger partial charge on any atom is -0.335 e. The number of amides is 1. The Morgan fingerprint density at radius 2 is 1.84 bits per heavy atom. The van der Waals surface area contributed by atoms with Crippen molar-refractivity contribution in [2.45, 2.75) is 51.5 Å². The van der Waals surface area contributed by atoms with E-state index in [2.05, 4.69) is 38.1 Å². The van der Waals surface area contributed by atoms with Gasteiger partial charge in [0.25, 0.3) is 0 Å². The Labute approximate surface area is 151 Å². The van der Waals surface area contributed by atoms with Crippen LogP contribution in [0.1, 0.15) is 62.6 Å². The van der Waals surface area contributed by atoms with E-state index in [9.17, 15) is 13.2 Å². The number of nitrogens with zero attached hydrogens (tertiary/aromatic N) is 2. The zero-order chi connectivity index (χ0) is 18.0. The lowest BCUT2D eigenvalue weighted by Gasteiger charge is -2.37. The molecule has 0 N–H and O–H groups in total. The number of benzene rings is 1. The van der Waals surface area contributed by atoms with Crippen LogP contribution in [0.15, 0.2) is 24.3 Å². The van der Waals surface area contributed by atoms with E-state index in [0.717, 1.165) is 24.8 Å². The van der Waals surface area contributed by atoms with Crippen molar-refractivity contribution in [2.75, 3.05) is 25.4 Å². The molecule has 5 nitrogen and oxygen atoms in total. The summed E-state index contributed by atoms with van der Waals surface area (Å²) in [5.74, 6) is 0.585. The number of hydrogen-bond donors (Lipinski definition) is 0. The second-order valence-corrected chi connectivity index (χ2v) is 9.51. The van der Waals surface area contributed by atoms with Gasteiger partial charge in [0.15, 0.2) is 0 Å². The predicted molar refractivity (Wildman–Crippen MR) is 98.8 cm³/mol. The quantitative estimate of drug-likeness (QED) is 0.825. The molecule has 138 valence electrons. The van der Waals surface area contributed by atoms with Crippen LogP contribution < -0.4 is 0 Å². The van der Waals surface area contributed by atoms with Crippen molar-refractivity contribution in [3.05, 3.63) is 35.4 Å². The molecule has 1 aromatic rings. The summed E-state index contributed by atoms with van der Waals surface area (Å²) in [5, 5.41) is 0. The number of carbonyl (C=O) groups excluding carboxylic acids is 1. The van der Waals surface area contributed by atoms with Crippen molar-refractivity contribution in [1.82, 2.24) is 9.21 Å². The van der Waals surface area contributed by atoms with Gasteiger partial charge in [-0.3, -0.25) is 4.79 Å². The zero-order valence-electron chi connectivity index (χ0n) is 15.1. The van der Waals surface area contributed by atoms with Gasteiger partial charge in [0.1, 0.15) is 0 Å². The lowest BCUT2D eigenvalue weighted by Crippen LogP contribution is -2.44. The Morgan fingerprint density at radius 1 is 1.12 bits per heavy atom. The molecule has 1 aromatic carbocycles. The lowest BCUT2D eigenvalue weighted by molar-refractivity contribution is -0.135. The van der Waals surface area contributed by atoms with E-state index in [-0.39, 0.29) is 24.2 Å². The van der Waals surface area contributed by atoms with Gasteiger partial charge in [-0.15, -0.1) is 0 Å². The molecular formula is C19H28N2O3S. The van der Waals surface area contributed by atoms with Crippen molar-refractivity contribution >= 4 is 15.9 Å². The molecule has 0 spiro atoms. The highest BCUT2D eigenvalue weighted by Crippen LogP contribution is 2.32. The number of carbonyl (C=O) groups is 1. The van der Waals surface area contributed by atoms with Crippen molar-refractivity contribution in [2.24, 2.45) is 0 Å². The number of likely N-dealkylation sites (tertiary alicyclic amines) is 1. The van der Waals surface area contributed by atoms with Gasteiger partial charge < -0.3 is 4.90 Å². The standard InChI is InChI=1S/C19H28N2O3S/c1-15(2)16-7-9-17(10-8-16)18-6-3-4-12-21(18)19(22)14-20-11-5-13-25(20,23)24/h7-10,15,18H,3-6,11-14H2,1-2H3. The molecule has 0 aliphatic carbocycles. The van der Waals surface area contributed by atoms with Crippen LogP contribution in [-0.2, 0) is 14.8 Å². The molecule has 2 fully saturated rings. The van der Waals surface area contributed by atoms with E-state index < -0.39 is 10.0 Å². The van der Waals surface area contributed by atoms with E-state index in [1.807, 2.05) is 4.90 Å². The topological polar surface area (TPSA) is 57.7 Å². The average Bonchev–Trinajstić information content (AvgIpc) is 2.93. The molecule has 0 radical (unpaired) electrons. The monoisotopic (exact) mass is 364 g/mol. The predicted octanol–water partition coefficient (Wildman–Crippen LogP) is 2.90. The Morgan fingerprint density at radius 3 is 2.44 bits per heavy atom. The SMILES string of the molecule is CC(C)c1ccc(C2CCCCN2C(=O)CN2CCCS2(=O)=O)cc1. The molecule has 1 amide bonds.